The zero-order chi connectivity index (χ0) is 17.9. The van der Waals surface area contributed by atoms with Gasteiger partial charge in [-0.15, -0.1) is 0 Å². The van der Waals surface area contributed by atoms with Crippen molar-refractivity contribution < 1.29 is 18.7 Å². The van der Waals surface area contributed by atoms with Crippen molar-refractivity contribution in [2.45, 2.75) is 25.2 Å². The maximum Gasteiger partial charge on any atom is 0.254 e. The maximum atomic E-state index is 13.7. The predicted molar refractivity (Wildman–Crippen MR) is 96.2 cm³/mol. The van der Waals surface area contributed by atoms with Gasteiger partial charge in [-0.1, -0.05) is 18.2 Å². The summed E-state index contributed by atoms with van der Waals surface area (Å²) in [5, 5.41) is 2.85. The summed E-state index contributed by atoms with van der Waals surface area (Å²) in [6.07, 6.45) is 3.24. The van der Waals surface area contributed by atoms with Gasteiger partial charge in [0.2, 0.25) is 0 Å². The summed E-state index contributed by atoms with van der Waals surface area (Å²) in [6, 6.07) is 12.2. The lowest BCUT2D eigenvalue weighted by molar-refractivity contribution is 0.0948. The van der Waals surface area contributed by atoms with Crippen molar-refractivity contribution in [1.82, 2.24) is 5.32 Å². The summed E-state index contributed by atoms with van der Waals surface area (Å²) >= 11 is 0. The molecule has 2 aliphatic rings. The van der Waals surface area contributed by atoms with Crippen LogP contribution in [-0.2, 0) is 0 Å². The molecule has 0 spiro atoms. The number of halogens is 1. The number of hydrogen-bond acceptors (Lipinski definition) is 3. The van der Waals surface area contributed by atoms with Crippen molar-refractivity contribution >= 4 is 5.91 Å². The molecule has 0 aromatic heterocycles. The van der Waals surface area contributed by atoms with E-state index in [1.807, 2.05) is 6.07 Å². The average molecular weight is 355 g/mol. The van der Waals surface area contributed by atoms with Crippen molar-refractivity contribution in [3.8, 4) is 11.5 Å². The minimum atomic E-state index is -0.490. The van der Waals surface area contributed by atoms with E-state index >= 15 is 0 Å². The lowest BCUT2D eigenvalue weighted by Gasteiger charge is -2.22. The summed E-state index contributed by atoms with van der Waals surface area (Å²) in [7, 11) is 0. The fraction of sp³-hybridized carbons (Fsp3) is 0.381. The first kappa shape index (κ1) is 16.9. The third-order valence-electron chi connectivity index (χ3n) is 5.04. The standard InChI is InChI=1S/C21H22FNO3/c22-18-4-2-1-3-17(18)21(24)23-10-9-16(14-5-6-14)15-7-8-19-20(13-15)26-12-11-25-19/h1-4,7-8,13-14,16H,5-6,9-12H2,(H,23,24). The van der Waals surface area contributed by atoms with E-state index in [-0.39, 0.29) is 11.5 Å². The molecule has 0 bridgehead atoms. The molecule has 0 radical (unpaired) electrons. The molecule has 26 heavy (non-hydrogen) atoms. The SMILES string of the molecule is O=C(NCCC(c1ccc2c(c1)OCCO2)C1CC1)c1ccccc1F. The van der Waals surface area contributed by atoms with Gasteiger partial charge in [-0.25, -0.2) is 4.39 Å². The van der Waals surface area contributed by atoms with E-state index in [2.05, 4.69) is 17.4 Å². The van der Waals surface area contributed by atoms with E-state index in [9.17, 15) is 9.18 Å². The summed E-state index contributed by atoms with van der Waals surface area (Å²) < 4.78 is 25.0. The Hall–Kier alpha value is -2.56. The molecule has 1 N–H and O–H groups in total. The molecular weight excluding hydrogens is 333 g/mol. The third-order valence-corrected chi connectivity index (χ3v) is 5.04. The van der Waals surface area contributed by atoms with Crippen LogP contribution >= 0.6 is 0 Å². The molecule has 2 aromatic rings. The molecule has 136 valence electrons. The fourth-order valence-corrected chi connectivity index (χ4v) is 3.55. The molecule has 1 heterocycles. The van der Waals surface area contributed by atoms with Gasteiger partial charge in [0.15, 0.2) is 11.5 Å². The monoisotopic (exact) mass is 355 g/mol. The Balaban J connectivity index is 1.40. The molecule has 1 saturated carbocycles. The Morgan fingerprint density at radius 2 is 1.88 bits per heavy atom. The molecule has 2 aromatic carbocycles. The van der Waals surface area contributed by atoms with Crippen molar-refractivity contribution in [2.24, 2.45) is 5.92 Å². The van der Waals surface area contributed by atoms with Crippen LogP contribution in [0.1, 0.15) is 41.1 Å². The Morgan fingerprint density at radius 1 is 1.12 bits per heavy atom. The number of amides is 1. The number of ether oxygens (including phenoxy) is 2. The lowest BCUT2D eigenvalue weighted by Crippen LogP contribution is -2.26. The van der Waals surface area contributed by atoms with Gasteiger partial charge in [0.25, 0.3) is 5.91 Å². The molecular formula is C21H22FNO3. The molecule has 1 unspecified atom stereocenters. The topological polar surface area (TPSA) is 47.6 Å². The molecule has 1 amide bonds. The van der Waals surface area contributed by atoms with E-state index < -0.39 is 5.82 Å². The molecule has 4 nitrogen and oxygen atoms in total. The van der Waals surface area contributed by atoms with E-state index in [0.717, 1.165) is 17.9 Å². The van der Waals surface area contributed by atoms with E-state index in [0.29, 0.717) is 31.6 Å². The maximum absolute atomic E-state index is 13.7. The van der Waals surface area contributed by atoms with Crippen LogP contribution in [0.5, 0.6) is 11.5 Å². The van der Waals surface area contributed by atoms with Gasteiger partial charge in [-0.3, -0.25) is 4.79 Å². The fourth-order valence-electron chi connectivity index (χ4n) is 3.55. The molecule has 1 aliphatic carbocycles. The second kappa shape index (κ2) is 7.36. The average Bonchev–Trinajstić information content (AvgIpc) is 3.50. The quantitative estimate of drug-likeness (QED) is 0.855. The van der Waals surface area contributed by atoms with Crippen LogP contribution in [0.4, 0.5) is 4.39 Å². The minimum absolute atomic E-state index is 0.0924. The van der Waals surface area contributed by atoms with Gasteiger partial charge in [0.05, 0.1) is 5.56 Å². The smallest absolute Gasteiger partial charge is 0.254 e. The van der Waals surface area contributed by atoms with Crippen molar-refractivity contribution in [3.63, 3.8) is 0 Å². The van der Waals surface area contributed by atoms with Gasteiger partial charge in [-0.05, 0) is 60.9 Å². The highest BCUT2D eigenvalue weighted by Crippen LogP contribution is 2.46. The van der Waals surface area contributed by atoms with Gasteiger partial charge in [-0.2, -0.15) is 0 Å². The van der Waals surface area contributed by atoms with Gasteiger partial charge >= 0.3 is 0 Å². The molecule has 4 rings (SSSR count). The minimum Gasteiger partial charge on any atom is -0.486 e. The number of benzene rings is 2. The van der Waals surface area contributed by atoms with Gasteiger partial charge in [0, 0.05) is 6.54 Å². The second-order valence-electron chi connectivity index (χ2n) is 6.87. The van der Waals surface area contributed by atoms with Crippen molar-refractivity contribution in [1.29, 1.82) is 0 Å². The summed E-state index contributed by atoms with van der Waals surface area (Å²) in [5.74, 6) is 1.75. The number of hydrogen-bond donors (Lipinski definition) is 1. The molecule has 0 saturated heterocycles. The third kappa shape index (κ3) is 3.66. The number of carbonyl (C=O) groups is 1. The normalized spacial score (nSPS) is 16.8. The summed E-state index contributed by atoms with van der Waals surface area (Å²) in [6.45, 7) is 1.67. The first-order valence-electron chi connectivity index (χ1n) is 9.14. The van der Waals surface area contributed by atoms with E-state index in [1.54, 1.807) is 12.1 Å². The van der Waals surface area contributed by atoms with Crippen LogP contribution in [0.25, 0.3) is 0 Å². The lowest BCUT2D eigenvalue weighted by atomic mass is 9.90. The first-order chi connectivity index (χ1) is 12.7. The van der Waals surface area contributed by atoms with Crippen LogP contribution < -0.4 is 14.8 Å². The van der Waals surface area contributed by atoms with E-state index in [4.69, 9.17) is 9.47 Å². The second-order valence-corrected chi connectivity index (χ2v) is 6.87. The molecule has 1 aliphatic heterocycles. The van der Waals surface area contributed by atoms with Gasteiger partial charge in [0.1, 0.15) is 19.0 Å². The Kier molecular flexibility index (Phi) is 4.78. The highest BCUT2D eigenvalue weighted by atomic mass is 19.1. The molecule has 1 atom stereocenters. The van der Waals surface area contributed by atoms with Crippen LogP contribution in [0, 0.1) is 11.7 Å². The zero-order valence-corrected chi connectivity index (χ0v) is 14.5. The highest BCUT2D eigenvalue weighted by Gasteiger charge is 2.32. The van der Waals surface area contributed by atoms with Crippen molar-refractivity contribution in [3.05, 3.63) is 59.4 Å². The Bertz CT molecular complexity index is 804. The summed E-state index contributed by atoms with van der Waals surface area (Å²) in [4.78, 5) is 12.2. The van der Waals surface area contributed by atoms with Crippen molar-refractivity contribution in [2.75, 3.05) is 19.8 Å². The largest absolute Gasteiger partial charge is 0.486 e. The van der Waals surface area contributed by atoms with Crippen LogP contribution in [0.15, 0.2) is 42.5 Å². The highest BCUT2D eigenvalue weighted by molar-refractivity contribution is 5.94. The van der Waals surface area contributed by atoms with Crippen LogP contribution in [0.3, 0.4) is 0 Å². The predicted octanol–water partition coefficient (Wildman–Crippen LogP) is 3.91. The number of carbonyl (C=O) groups excluding carboxylic acids is 1. The number of rotatable bonds is 6. The number of nitrogens with one attached hydrogen (secondary N) is 1. The summed E-state index contributed by atoms with van der Waals surface area (Å²) in [5.41, 5.74) is 1.31. The van der Waals surface area contributed by atoms with Crippen LogP contribution in [0.2, 0.25) is 0 Å². The first-order valence-corrected chi connectivity index (χ1v) is 9.14. The Morgan fingerprint density at radius 3 is 2.65 bits per heavy atom. The van der Waals surface area contributed by atoms with E-state index in [1.165, 1.54) is 30.5 Å². The molecule has 1 fully saturated rings. The van der Waals surface area contributed by atoms with Gasteiger partial charge < -0.3 is 14.8 Å². The molecule has 5 heteroatoms. The Labute approximate surface area is 152 Å². The van der Waals surface area contributed by atoms with Crippen LogP contribution in [-0.4, -0.2) is 25.7 Å². The zero-order valence-electron chi connectivity index (χ0n) is 14.5. The number of fused-ring (bicyclic) bond motifs is 1.